The van der Waals surface area contributed by atoms with Crippen molar-refractivity contribution in [3.63, 3.8) is 0 Å². The standard InChI is InChI=1S/C36H55N3O5/c1-8-19-39(24-26-42-34-18-15-30(5)28-31(34)6)21-14-12-13-20-38(11-4)23-27-44-36(40)33-17-16-32(41-7)29-35(33)43-25-22-37(9-2)10-3/h8,12,14-18,28-29H,1,9-11,13,19-27H2,2-7H3. The van der Waals surface area contributed by atoms with Gasteiger partial charge in [0.05, 0.1) is 7.11 Å². The van der Waals surface area contributed by atoms with Gasteiger partial charge in [-0.2, -0.15) is 0 Å². The van der Waals surface area contributed by atoms with Crippen LogP contribution in [0.3, 0.4) is 0 Å². The van der Waals surface area contributed by atoms with Crippen LogP contribution in [0.5, 0.6) is 17.2 Å². The van der Waals surface area contributed by atoms with Crippen LogP contribution in [0.15, 0.2) is 61.2 Å². The van der Waals surface area contributed by atoms with Crippen LogP contribution in [-0.2, 0) is 4.74 Å². The quantitative estimate of drug-likeness (QED) is 0.112. The number of carbonyl (C=O) groups excluding carboxylic acids is 1. The largest absolute Gasteiger partial charge is 0.497 e. The SMILES string of the molecule is C=CCN(CC=CCCN(CC)CCOC(=O)c1ccc(OC)cc1OCCN(CC)CC)CCOc1ccc(C)cc1C. The molecule has 0 bridgehead atoms. The molecular weight excluding hydrogens is 554 g/mol. The molecule has 244 valence electrons. The highest BCUT2D eigenvalue weighted by Gasteiger charge is 2.16. The van der Waals surface area contributed by atoms with Gasteiger partial charge in [-0.1, -0.05) is 56.7 Å². The highest BCUT2D eigenvalue weighted by molar-refractivity contribution is 5.92. The highest BCUT2D eigenvalue weighted by atomic mass is 16.5. The van der Waals surface area contributed by atoms with E-state index in [0.29, 0.717) is 43.4 Å². The molecule has 0 aliphatic rings. The number of esters is 1. The first-order chi connectivity index (χ1) is 21.3. The molecule has 2 rings (SSSR count). The molecule has 0 aromatic heterocycles. The maximum absolute atomic E-state index is 12.9. The van der Waals surface area contributed by atoms with E-state index in [9.17, 15) is 4.79 Å². The van der Waals surface area contributed by atoms with Gasteiger partial charge >= 0.3 is 5.97 Å². The lowest BCUT2D eigenvalue weighted by atomic mass is 10.1. The van der Waals surface area contributed by atoms with Crippen molar-refractivity contribution in [3.8, 4) is 17.2 Å². The smallest absolute Gasteiger partial charge is 0.341 e. The summed E-state index contributed by atoms with van der Waals surface area (Å²) in [6.07, 6.45) is 7.28. The Balaban J connectivity index is 1.76. The van der Waals surface area contributed by atoms with Crippen LogP contribution < -0.4 is 14.2 Å². The minimum atomic E-state index is -0.384. The van der Waals surface area contributed by atoms with E-state index in [1.54, 1.807) is 25.3 Å². The molecule has 8 nitrogen and oxygen atoms in total. The molecule has 0 saturated carbocycles. The van der Waals surface area contributed by atoms with E-state index in [0.717, 1.165) is 70.1 Å². The number of ether oxygens (including phenoxy) is 4. The summed E-state index contributed by atoms with van der Waals surface area (Å²) in [5.74, 6) is 1.69. The number of nitrogens with zero attached hydrogens (tertiary/aromatic N) is 3. The van der Waals surface area contributed by atoms with E-state index in [2.05, 4.69) is 80.2 Å². The van der Waals surface area contributed by atoms with E-state index in [4.69, 9.17) is 18.9 Å². The molecule has 0 amide bonds. The minimum absolute atomic E-state index is 0.314. The van der Waals surface area contributed by atoms with E-state index in [1.165, 1.54) is 5.56 Å². The van der Waals surface area contributed by atoms with Gasteiger partial charge < -0.3 is 23.8 Å². The second-order valence-corrected chi connectivity index (χ2v) is 10.7. The van der Waals surface area contributed by atoms with E-state index in [1.807, 2.05) is 12.1 Å². The third kappa shape index (κ3) is 13.5. The Labute approximate surface area is 266 Å². The van der Waals surface area contributed by atoms with Gasteiger partial charge in [0.25, 0.3) is 0 Å². The molecule has 0 fully saturated rings. The summed E-state index contributed by atoms with van der Waals surface area (Å²) in [6, 6.07) is 11.5. The lowest BCUT2D eigenvalue weighted by molar-refractivity contribution is 0.0460. The summed E-state index contributed by atoms with van der Waals surface area (Å²) in [5.41, 5.74) is 2.82. The van der Waals surface area contributed by atoms with Gasteiger partial charge in [0.2, 0.25) is 0 Å². The molecule has 0 unspecified atom stereocenters. The van der Waals surface area contributed by atoms with Gasteiger partial charge in [0, 0.05) is 45.3 Å². The zero-order valence-electron chi connectivity index (χ0n) is 28.0. The monoisotopic (exact) mass is 609 g/mol. The number of methoxy groups -OCH3 is 1. The fourth-order valence-electron chi connectivity index (χ4n) is 4.80. The van der Waals surface area contributed by atoms with Crippen LogP contribution in [0.4, 0.5) is 0 Å². The van der Waals surface area contributed by atoms with E-state index in [-0.39, 0.29) is 5.97 Å². The van der Waals surface area contributed by atoms with Crippen LogP contribution in [0.25, 0.3) is 0 Å². The molecule has 8 heteroatoms. The normalized spacial score (nSPS) is 11.5. The summed E-state index contributed by atoms with van der Waals surface area (Å²) in [4.78, 5) is 19.8. The van der Waals surface area contributed by atoms with Crippen LogP contribution in [-0.4, -0.2) is 107 Å². The lowest BCUT2D eigenvalue weighted by Crippen LogP contribution is -2.30. The Bertz CT molecular complexity index is 1150. The third-order valence-corrected chi connectivity index (χ3v) is 7.58. The third-order valence-electron chi connectivity index (χ3n) is 7.58. The van der Waals surface area contributed by atoms with Crippen molar-refractivity contribution in [2.75, 3.05) is 85.8 Å². The molecule has 0 spiro atoms. The molecule has 2 aromatic carbocycles. The molecule has 2 aromatic rings. The maximum Gasteiger partial charge on any atom is 0.341 e. The average molecular weight is 610 g/mol. The Morgan fingerprint density at radius 3 is 2.11 bits per heavy atom. The first-order valence-corrected chi connectivity index (χ1v) is 16.0. The molecule has 0 aliphatic heterocycles. The first-order valence-electron chi connectivity index (χ1n) is 16.0. The topological polar surface area (TPSA) is 63.7 Å². The Morgan fingerprint density at radius 2 is 1.45 bits per heavy atom. The van der Waals surface area contributed by atoms with E-state index < -0.39 is 0 Å². The van der Waals surface area contributed by atoms with Gasteiger partial charge in [-0.15, -0.1) is 6.58 Å². The van der Waals surface area contributed by atoms with Gasteiger partial charge in [-0.25, -0.2) is 4.79 Å². The second kappa shape index (κ2) is 21.4. The fraction of sp³-hybridized carbons (Fsp3) is 0.528. The predicted octanol–water partition coefficient (Wildman–Crippen LogP) is 6.02. The van der Waals surface area contributed by atoms with Gasteiger partial charge in [-0.05, 0) is 63.7 Å². The summed E-state index contributed by atoms with van der Waals surface area (Å²) in [7, 11) is 1.60. The molecule has 0 atom stereocenters. The number of hydrogen-bond donors (Lipinski definition) is 0. The predicted molar refractivity (Wildman–Crippen MR) is 180 cm³/mol. The van der Waals surface area contributed by atoms with E-state index >= 15 is 0 Å². The summed E-state index contributed by atoms with van der Waals surface area (Å²) in [6.45, 7) is 23.5. The van der Waals surface area contributed by atoms with Crippen LogP contribution >= 0.6 is 0 Å². The Morgan fingerprint density at radius 1 is 0.773 bits per heavy atom. The molecule has 0 radical (unpaired) electrons. The number of aryl methyl sites for hydroxylation is 2. The summed E-state index contributed by atoms with van der Waals surface area (Å²) < 4.78 is 23.0. The van der Waals surface area contributed by atoms with Crippen molar-refractivity contribution in [1.82, 2.24) is 14.7 Å². The fourth-order valence-corrected chi connectivity index (χ4v) is 4.80. The average Bonchev–Trinajstić information content (AvgIpc) is 3.02. The molecule has 0 heterocycles. The van der Waals surface area contributed by atoms with Crippen LogP contribution in [0.2, 0.25) is 0 Å². The number of likely N-dealkylation sites (N-methyl/N-ethyl adjacent to an activating group) is 2. The van der Waals surface area contributed by atoms with Crippen molar-refractivity contribution in [2.45, 2.75) is 41.0 Å². The van der Waals surface area contributed by atoms with Gasteiger partial charge in [-0.3, -0.25) is 9.80 Å². The van der Waals surface area contributed by atoms with Crippen LogP contribution in [0.1, 0.15) is 48.7 Å². The molecule has 0 aliphatic carbocycles. The zero-order valence-corrected chi connectivity index (χ0v) is 28.0. The minimum Gasteiger partial charge on any atom is -0.497 e. The van der Waals surface area contributed by atoms with Crippen molar-refractivity contribution < 1.29 is 23.7 Å². The summed E-state index contributed by atoms with van der Waals surface area (Å²) in [5, 5.41) is 0. The molecule has 0 saturated heterocycles. The Hall–Kier alpha value is -3.33. The zero-order chi connectivity index (χ0) is 32.2. The lowest BCUT2D eigenvalue weighted by Gasteiger charge is -2.21. The molecule has 44 heavy (non-hydrogen) atoms. The van der Waals surface area contributed by atoms with Crippen molar-refractivity contribution in [1.29, 1.82) is 0 Å². The number of benzene rings is 2. The molecule has 0 N–H and O–H groups in total. The highest BCUT2D eigenvalue weighted by Crippen LogP contribution is 2.26. The van der Waals surface area contributed by atoms with Crippen molar-refractivity contribution in [2.24, 2.45) is 0 Å². The first kappa shape index (κ1) is 36.9. The van der Waals surface area contributed by atoms with Gasteiger partial charge in [0.15, 0.2) is 0 Å². The summed E-state index contributed by atoms with van der Waals surface area (Å²) >= 11 is 0. The number of carbonyl (C=O) groups is 1. The van der Waals surface area contributed by atoms with Gasteiger partial charge in [0.1, 0.15) is 42.6 Å². The second-order valence-electron chi connectivity index (χ2n) is 10.7. The Kier molecular flexibility index (Phi) is 17.9. The number of hydrogen-bond acceptors (Lipinski definition) is 8. The van der Waals surface area contributed by atoms with Crippen molar-refractivity contribution in [3.05, 3.63) is 77.9 Å². The maximum atomic E-state index is 12.9. The van der Waals surface area contributed by atoms with Crippen LogP contribution in [0, 0.1) is 13.8 Å². The molecular formula is C36H55N3O5. The van der Waals surface area contributed by atoms with Crippen molar-refractivity contribution >= 4 is 5.97 Å². The number of rotatable bonds is 23.